The molecule has 1 aliphatic heterocycles. The van der Waals surface area contributed by atoms with Crippen LogP contribution in [-0.4, -0.2) is 40.3 Å². The van der Waals surface area contributed by atoms with E-state index in [0.29, 0.717) is 18.1 Å². The van der Waals surface area contributed by atoms with Crippen molar-refractivity contribution in [3.63, 3.8) is 0 Å². The quantitative estimate of drug-likeness (QED) is 0.505. The van der Waals surface area contributed by atoms with Gasteiger partial charge in [-0.1, -0.05) is 20.8 Å². The predicted molar refractivity (Wildman–Crippen MR) is 79.9 cm³/mol. The average Bonchev–Trinajstić information content (AvgIpc) is 3.23. The third kappa shape index (κ3) is 3.60. The molecule has 0 aromatic heterocycles. The minimum absolute atomic E-state index is 0.265. The molecule has 4 atom stereocenters. The summed E-state index contributed by atoms with van der Waals surface area (Å²) in [7, 11) is 0.356. The lowest BCUT2D eigenvalue weighted by Gasteiger charge is -2.33. The highest BCUT2D eigenvalue weighted by Gasteiger charge is 2.46. The molecule has 2 aliphatic rings. The van der Waals surface area contributed by atoms with Crippen LogP contribution in [0.15, 0.2) is 0 Å². The smallest absolute Gasteiger partial charge is 0.192 e. The lowest BCUT2D eigenvalue weighted by Crippen LogP contribution is -2.41. The summed E-state index contributed by atoms with van der Waals surface area (Å²) < 4.78 is 17.8. The van der Waals surface area contributed by atoms with Crippen LogP contribution in [0.2, 0.25) is 18.1 Å². The molecule has 1 saturated carbocycles. The Labute approximate surface area is 119 Å². The van der Waals surface area contributed by atoms with Crippen LogP contribution < -0.4 is 0 Å². The van der Waals surface area contributed by atoms with Crippen LogP contribution in [0.1, 0.15) is 40.0 Å². The van der Waals surface area contributed by atoms with Crippen LogP contribution in [0.4, 0.5) is 0 Å². The van der Waals surface area contributed by atoms with E-state index in [1.807, 2.05) is 7.11 Å². The van der Waals surface area contributed by atoms with Crippen molar-refractivity contribution in [3.05, 3.63) is 0 Å². The molecule has 2 rings (SSSR count). The van der Waals surface area contributed by atoms with E-state index in [0.717, 1.165) is 6.61 Å². The molecular formula is C15H30O3Si. The highest BCUT2D eigenvalue weighted by atomic mass is 28.4. The first-order valence-electron chi connectivity index (χ1n) is 8.00. The number of epoxide rings is 1. The molecule has 4 unspecified atom stereocenters. The average molecular weight is 286 g/mol. The molecule has 0 bridgehead atoms. The summed E-state index contributed by atoms with van der Waals surface area (Å²) in [5.74, 6) is 0.631. The van der Waals surface area contributed by atoms with E-state index in [-0.39, 0.29) is 6.10 Å². The number of hydrogen-bond donors (Lipinski definition) is 0. The Hall–Kier alpha value is 0.0969. The fraction of sp³-hybridized carbons (Fsp3) is 1.00. The van der Waals surface area contributed by atoms with Crippen molar-refractivity contribution in [1.29, 1.82) is 0 Å². The standard InChI is InChI=1S/C15H30O3Si/c1-5-19(6-2,7-3)17-11-15(16-4)12-8-9-13-14(10-12)18-13/h12-15H,5-11H2,1-4H3. The van der Waals surface area contributed by atoms with Crippen molar-refractivity contribution in [2.75, 3.05) is 13.7 Å². The topological polar surface area (TPSA) is 31.0 Å². The van der Waals surface area contributed by atoms with Gasteiger partial charge in [-0.25, -0.2) is 0 Å². The van der Waals surface area contributed by atoms with Crippen LogP contribution in [0.5, 0.6) is 0 Å². The molecule has 0 aromatic rings. The highest BCUT2D eigenvalue weighted by Crippen LogP contribution is 2.41. The monoisotopic (exact) mass is 286 g/mol. The van der Waals surface area contributed by atoms with Crippen molar-refractivity contribution >= 4 is 8.32 Å². The number of ether oxygens (including phenoxy) is 2. The summed E-state index contributed by atoms with van der Waals surface area (Å²) in [6.45, 7) is 7.64. The number of fused-ring (bicyclic) bond motifs is 1. The molecule has 2 fully saturated rings. The van der Waals surface area contributed by atoms with Gasteiger partial charge in [0.1, 0.15) is 0 Å². The third-order valence-electron chi connectivity index (χ3n) is 5.36. The van der Waals surface area contributed by atoms with Gasteiger partial charge < -0.3 is 13.9 Å². The van der Waals surface area contributed by atoms with Crippen LogP contribution in [0, 0.1) is 5.92 Å². The Bertz CT molecular complexity index is 272. The Kier molecular flexibility index (Phi) is 5.46. The van der Waals surface area contributed by atoms with Crippen LogP contribution >= 0.6 is 0 Å². The lowest BCUT2D eigenvalue weighted by atomic mass is 9.85. The summed E-state index contributed by atoms with van der Waals surface area (Å²) >= 11 is 0. The highest BCUT2D eigenvalue weighted by molar-refractivity contribution is 6.73. The normalized spacial score (nSPS) is 31.9. The maximum Gasteiger partial charge on any atom is 0.192 e. The first-order chi connectivity index (χ1) is 9.18. The van der Waals surface area contributed by atoms with Gasteiger partial charge in [0.15, 0.2) is 8.32 Å². The zero-order valence-corrected chi connectivity index (χ0v) is 14.0. The summed E-state index contributed by atoms with van der Waals surface area (Å²) in [6, 6.07) is 3.65. The Morgan fingerprint density at radius 1 is 1.11 bits per heavy atom. The van der Waals surface area contributed by atoms with E-state index in [1.54, 1.807) is 0 Å². The van der Waals surface area contributed by atoms with Gasteiger partial charge in [-0.2, -0.15) is 0 Å². The molecule has 1 heterocycles. The maximum absolute atomic E-state index is 6.41. The third-order valence-corrected chi connectivity index (χ3v) is 10.0. The maximum atomic E-state index is 6.41. The second-order valence-electron chi connectivity index (χ2n) is 6.11. The van der Waals surface area contributed by atoms with Gasteiger partial charge in [-0.05, 0) is 43.3 Å². The summed E-state index contributed by atoms with van der Waals surface area (Å²) in [5, 5.41) is 0. The minimum Gasteiger partial charge on any atom is -0.414 e. The molecule has 0 amide bonds. The van der Waals surface area contributed by atoms with E-state index >= 15 is 0 Å². The van der Waals surface area contributed by atoms with Gasteiger partial charge in [0.25, 0.3) is 0 Å². The number of methoxy groups -OCH3 is 1. The van der Waals surface area contributed by atoms with Crippen molar-refractivity contribution in [1.82, 2.24) is 0 Å². The molecule has 0 radical (unpaired) electrons. The minimum atomic E-state index is -1.48. The van der Waals surface area contributed by atoms with Crippen LogP contribution in [0.25, 0.3) is 0 Å². The fourth-order valence-electron chi connectivity index (χ4n) is 3.48. The summed E-state index contributed by atoms with van der Waals surface area (Å²) in [5.41, 5.74) is 0. The molecule has 19 heavy (non-hydrogen) atoms. The SMILES string of the molecule is CC[Si](CC)(CC)OCC(OC)C1CCC2OC2C1. The Morgan fingerprint density at radius 3 is 2.32 bits per heavy atom. The lowest BCUT2D eigenvalue weighted by molar-refractivity contribution is 0.00248. The van der Waals surface area contributed by atoms with Crippen LogP contribution in [-0.2, 0) is 13.9 Å². The molecule has 112 valence electrons. The van der Waals surface area contributed by atoms with Gasteiger partial charge in [0, 0.05) is 7.11 Å². The van der Waals surface area contributed by atoms with E-state index in [1.165, 1.54) is 37.4 Å². The van der Waals surface area contributed by atoms with Gasteiger partial charge in [0.2, 0.25) is 0 Å². The number of hydrogen-bond acceptors (Lipinski definition) is 3. The molecule has 4 heteroatoms. The Morgan fingerprint density at radius 2 is 1.79 bits per heavy atom. The zero-order valence-electron chi connectivity index (χ0n) is 13.0. The van der Waals surface area contributed by atoms with Crippen molar-refractivity contribution in [2.45, 2.75) is 76.5 Å². The van der Waals surface area contributed by atoms with Gasteiger partial charge >= 0.3 is 0 Å². The van der Waals surface area contributed by atoms with Crippen molar-refractivity contribution in [2.24, 2.45) is 5.92 Å². The molecule has 1 saturated heterocycles. The zero-order chi connectivity index (χ0) is 13.9. The van der Waals surface area contributed by atoms with E-state index in [9.17, 15) is 0 Å². The molecular weight excluding hydrogens is 256 g/mol. The summed E-state index contributed by atoms with van der Waals surface area (Å²) in [4.78, 5) is 0. The van der Waals surface area contributed by atoms with Crippen molar-refractivity contribution < 1.29 is 13.9 Å². The molecule has 0 aromatic carbocycles. The largest absolute Gasteiger partial charge is 0.414 e. The molecule has 0 spiro atoms. The number of rotatable bonds is 8. The van der Waals surface area contributed by atoms with Crippen LogP contribution in [0.3, 0.4) is 0 Å². The Balaban J connectivity index is 1.84. The second-order valence-corrected chi connectivity index (χ2v) is 10.9. The first kappa shape index (κ1) is 15.5. The van der Waals surface area contributed by atoms with E-state index < -0.39 is 8.32 Å². The summed E-state index contributed by atoms with van der Waals surface area (Å²) in [6.07, 6.45) is 4.99. The molecule has 1 aliphatic carbocycles. The molecule has 3 nitrogen and oxygen atoms in total. The second kappa shape index (κ2) is 6.70. The van der Waals surface area contributed by atoms with Gasteiger partial charge in [0.05, 0.1) is 24.9 Å². The van der Waals surface area contributed by atoms with Gasteiger partial charge in [-0.3, -0.25) is 0 Å². The first-order valence-corrected chi connectivity index (χ1v) is 10.5. The predicted octanol–water partition coefficient (Wildman–Crippen LogP) is 3.59. The fourth-order valence-corrected chi connectivity index (χ4v) is 6.11. The van der Waals surface area contributed by atoms with Gasteiger partial charge in [-0.15, -0.1) is 0 Å². The van der Waals surface area contributed by atoms with E-state index in [4.69, 9.17) is 13.9 Å². The van der Waals surface area contributed by atoms with Crippen molar-refractivity contribution in [3.8, 4) is 0 Å². The van der Waals surface area contributed by atoms with E-state index in [2.05, 4.69) is 20.8 Å². The molecule has 0 N–H and O–H groups in total.